The number of benzene rings is 9. The molecule has 0 unspecified atom stereocenters. The first-order chi connectivity index (χ1) is 25.6. The minimum absolute atomic E-state index is 0.0870. The molecule has 0 N–H and O–H groups in total. The Morgan fingerprint density at radius 3 is 1.63 bits per heavy atom. The molecule has 0 saturated carbocycles. The largest absolute Gasteiger partial charge is 0.456 e. The van der Waals surface area contributed by atoms with Crippen molar-refractivity contribution < 1.29 is 4.42 Å². The predicted molar refractivity (Wildman–Crippen MR) is 220 cm³/mol. The quantitative estimate of drug-likeness (QED) is 0.172. The summed E-state index contributed by atoms with van der Waals surface area (Å²) in [7, 11) is 0. The molecule has 0 fully saturated rings. The van der Waals surface area contributed by atoms with E-state index in [0.29, 0.717) is 0 Å². The van der Waals surface area contributed by atoms with E-state index >= 15 is 0 Å². The molecule has 1 nitrogen and oxygen atoms in total. The monoisotopic (exact) mass is 662 g/mol. The summed E-state index contributed by atoms with van der Waals surface area (Å²) in [5.74, 6) is 0. The van der Waals surface area contributed by atoms with Crippen LogP contribution < -0.4 is 0 Å². The van der Waals surface area contributed by atoms with Crippen LogP contribution in [-0.2, 0) is 5.41 Å². The molecule has 0 aliphatic heterocycles. The summed E-state index contributed by atoms with van der Waals surface area (Å²) < 4.78 is 6.21. The molecule has 1 heterocycles. The maximum absolute atomic E-state index is 6.21. The molecule has 244 valence electrons. The number of fused-ring (bicyclic) bond motifs is 10. The fraction of sp³-hybridized carbons (Fsp3) is 0.0588. The third-order valence-corrected chi connectivity index (χ3v) is 11.6. The summed E-state index contributed by atoms with van der Waals surface area (Å²) in [5, 5.41) is 9.95. The zero-order valence-corrected chi connectivity index (χ0v) is 29.1. The van der Waals surface area contributed by atoms with Crippen molar-refractivity contribution in [2.45, 2.75) is 19.3 Å². The molecule has 0 spiro atoms. The summed E-state index contributed by atoms with van der Waals surface area (Å²) >= 11 is 0. The Morgan fingerprint density at radius 2 is 0.923 bits per heavy atom. The average molecular weight is 663 g/mol. The van der Waals surface area contributed by atoms with E-state index < -0.39 is 0 Å². The molecule has 9 aromatic carbocycles. The molecule has 11 rings (SSSR count). The maximum Gasteiger partial charge on any atom is 0.135 e. The SMILES string of the molecule is CC1(C)c2cccc(-c3ccc(-c4c5ccccc5c(-c5ccc6oc7ccccc7c6c5)c5ccccc45)cc3)c2-c2ccc3ccccc3c21. The van der Waals surface area contributed by atoms with E-state index in [1.54, 1.807) is 0 Å². The molecule has 0 amide bonds. The highest BCUT2D eigenvalue weighted by Gasteiger charge is 2.38. The van der Waals surface area contributed by atoms with Crippen molar-refractivity contribution in [3.8, 4) is 44.5 Å². The highest BCUT2D eigenvalue weighted by Crippen LogP contribution is 2.54. The van der Waals surface area contributed by atoms with Crippen LogP contribution in [0.15, 0.2) is 174 Å². The Hall–Kier alpha value is -6.44. The van der Waals surface area contributed by atoms with E-state index in [4.69, 9.17) is 4.42 Å². The van der Waals surface area contributed by atoms with Crippen LogP contribution in [0.3, 0.4) is 0 Å². The Morgan fingerprint density at radius 1 is 0.365 bits per heavy atom. The second-order valence-corrected chi connectivity index (χ2v) is 14.8. The fourth-order valence-corrected chi connectivity index (χ4v) is 9.34. The standard InChI is InChI=1S/C51H34O/c1-51(2)44-20-11-19-35(49(44)42-28-26-31-12-3-4-13-36(31)50(42)51)32-22-24-33(25-23-32)47-38-15-5-7-17-40(38)48(41-18-8-6-16-39(41)47)34-27-29-46-43(30-34)37-14-9-10-21-45(37)52-46/h3-30H,1-2H3. The van der Waals surface area contributed by atoms with Crippen molar-refractivity contribution in [3.05, 3.63) is 181 Å². The number of furan rings is 1. The van der Waals surface area contributed by atoms with E-state index in [1.807, 2.05) is 12.1 Å². The maximum atomic E-state index is 6.21. The molecular formula is C51H34O. The predicted octanol–water partition coefficient (Wildman–Crippen LogP) is 14.4. The molecule has 0 saturated heterocycles. The molecule has 1 aromatic heterocycles. The second-order valence-electron chi connectivity index (χ2n) is 14.8. The summed E-state index contributed by atoms with van der Waals surface area (Å²) in [6.07, 6.45) is 0. The van der Waals surface area contributed by atoms with Gasteiger partial charge in [0.25, 0.3) is 0 Å². The highest BCUT2D eigenvalue weighted by atomic mass is 16.3. The van der Waals surface area contributed by atoms with E-state index in [-0.39, 0.29) is 5.41 Å². The van der Waals surface area contributed by atoms with Crippen LogP contribution in [0.1, 0.15) is 25.0 Å². The number of hydrogen-bond donors (Lipinski definition) is 0. The van der Waals surface area contributed by atoms with Crippen molar-refractivity contribution >= 4 is 54.3 Å². The van der Waals surface area contributed by atoms with Crippen LogP contribution in [0, 0.1) is 0 Å². The second kappa shape index (κ2) is 10.8. The van der Waals surface area contributed by atoms with E-state index in [2.05, 4.69) is 172 Å². The highest BCUT2D eigenvalue weighted by molar-refractivity contribution is 6.22. The van der Waals surface area contributed by atoms with E-state index in [1.165, 1.54) is 88.0 Å². The summed E-state index contributed by atoms with van der Waals surface area (Å²) in [5.41, 5.74) is 14.8. The Balaban J connectivity index is 1.09. The molecule has 1 aliphatic carbocycles. The molecule has 0 radical (unpaired) electrons. The van der Waals surface area contributed by atoms with Crippen molar-refractivity contribution in [3.63, 3.8) is 0 Å². The first kappa shape index (κ1) is 29.3. The molecule has 52 heavy (non-hydrogen) atoms. The van der Waals surface area contributed by atoms with Gasteiger partial charge in [0.05, 0.1) is 0 Å². The van der Waals surface area contributed by atoms with Crippen molar-refractivity contribution in [2.24, 2.45) is 0 Å². The topological polar surface area (TPSA) is 13.1 Å². The van der Waals surface area contributed by atoms with Crippen LogP contribution in [0.25, 0.3) is 98.8 Å². The van der Waals surface area contributed by atoms with Gasteiger partial charge >= 0.3 is 0 Å². The molecule has 1 aliphatic rings. The van der Waals surface area contributed by atoms with Gasteiger partial charge in [-0.05, 0) is 106 Å². The summed E-state index contributed by atoms with van der Waals surface area (Å²) in [4.78, 5) is 0. The van der Waals surface area contributed by atoms with Gasteiger partial charge in [-0.3, -0.25) is 0 Å². The first-order valence-corrected chi connectivity index (χ1v) is 18.2. The van der Waals surface area contributed by atoms with Gasteiger partial charge in [0.15, 0.2) is 0 Å². The molecular weight excluding hydrogens is 629 g/mol. The van der Waals surface area contributed by atoms with Gasteiger partial charge in [0, 0.05) is 16.2 Å². The van der Waals surface area contributed by atoms with Crippen molar-refractivity contribution in [1.29, 1.82) is 0 Å². The normalized spacial score (nSPS) is 13.3. The number of para-hydroxylation sites is 1. The number of hydrogen-bond acceptors (Lipinski definition) is 1. The minimum Gasteiger partial charge on any atom is -0.456 e. The summed E-state index contributed by atoms with van der Waals surface area (Å²) in [6.45, 7) is 4.76. The van der Waals surface area contributed by atoms with Crippen LogP contribution in [0.2, 0.25) is 0 Å². The molecule has 1 heteroatoms. The smallest absolute Gasteiger partial charge is 0.135 e. The van der Waals surface area contributed by atoms with Crippen LogP contribution in [0.4, 0.5) is 0 Å². The van der Waals surface area contributed by atoms with Crippen molar-refractivity contribution in [1.82, 2.24) is 0 Å². The van der Waals surface area contributed by atoms with Gasteiger partial charge < -0.3 is 4.42 Å². The van der Waals surface area contributed by atoms with Gasteiger partial charge in [0.1, 0.15) is 11.2 Å². The number of rotatable bonds is 3. The zero-order chi connectivity index (χ0) is 34.6. The zero-order valence-electron chi connectivity index (χ0n) is 29.1. The summed E-state index contributed by atoms with van der Waals surface area (Å²) in [6, 6.07) is 62.4. The lowest BCUT2D eigenvalue weighted by molar-refractivity contribution is 0.666. The Bertz CT molecular complexity index is 3030. The molecule has 10 aromatic rings. The van der Waals surface area contributed by atoms with Crippen LogP contribution in [0.5, 0.6) is 0 Å². The third kappa shape index (κ3) is 4.05. The van der Waals surface area contributed by atoms with Crippen LogP contribution in [-0.4, -0.2) is 0 Å². The average Bonchev–Trinajstić information content (AvgIpc) is 3.68. The van der Waals surface area contributed by atoms with Gasteiger partial charge in [-0.25, -0.2) is 0 Å². The van der Waals surface area contributed by atoms with Gasteiger partial charge in [-0.2, -0.15) is 0 Å². The van der Waals surface area contributed by atoms with Gasteiger partial charge in [-0.1, -0.05) is 166 Å². The Kier molecular flexibility index (Phi) is 6.08. The van der Waals surface area contributed by atoms with E-state index in [0.717, 1.165) is 21.9 Å². The lowest BCUT2D eigenvalue weighted by atomic mass is 9.80. The minimum atomic E-state index is -0.0870. The van der Waals surface area contributed by atoms with Gasteiger partial charge in [0.2, 0.25) is 0 Å². The first-order valence-electron chi connectivity index (χ1n) is 18.2. The fourth-order valence-electron chi connectivity index (χ4n) is 9.34. The van der Waals surface area contributed by atoms with E-state index in [9.17, 15) is 0 Å². The Labute approximate surface area is 302 Å². The lowest BCUT2D eigenvalue weighted by Gasteiger charge is -2.23. The van der Waals surface area contributed by atoms with Crippen molar-refractivity contribution in [2.75, 3.05) is 0 Å². The van der Waals surface area contributed by atoms with Gasteiger partial charge in [-0.15, -0.1) is 0 Å². The third-order valence-electron chi connectivity index (χ3n) is 11.6. The lowest BCUT2D eigenvalue weighted by Crippen LogP contribution is -2.15. The molecule has 0 bridgehead atoms. The van der Waals surface area contributed by atoms with Crippen LogP contribution >= 0.6 is 0 Å². The molecule has 0 atom stereocenters.